The summed E-state index contributed by atoms with van der Waals surface area (Å²) in [5.41, 5.74) is 4.90. The Kier molecular flexibility index (Phi) is 6.70. The lowest BCUT2D eigenvalue weighted by Crippen LogP contribution is -3.00. The molecular weight excluding hydrogens is 346 g/mol. The molecule has 1 heterocycles. The van der Waals surface area contributed by atoms with Crippen LogP contribution in [0.25, 0.3) is 12.2 Å². The van der Waals surface area contributed by atoms with E-state index in [9.17, 15) is 4.79 Å². The third-order valence-corrected chi connectivity index (χ3v) is 4.15. The van der Waals surface area contributed by atoms with Gasteiger partial charge in [-0.05, 0) is 42.3 Å². The maximum absolute atomic E-state index is 11.0. The van der Waals surface area contributed by atoms with Crippen LogP contribution in [0, 0.1) is 6.92 Å². The number of carbonyl (C=O) groups is 1. The van der Waals surface area contributed by atoms with Crippen LogP contribution in [-0.4, -0.2) is 11.1 Å². The zero-order valence-electron chi connectivity index (χ0n) is 14.5. The number of aryl methyl sites for hydroxylation is 1. The summed E-state index contributed by atoms with van der Waals surface area (Å²) in [7, 11) is 0. The highest BCUT2D eigenvalue weighted by Crippen LogP contribution is 2.11. The van der Waals surface area contributed by atoms with Crippen molar-refractivity contribution in [2.24, 2.45) is 0 Å². The summed E-state index contributed by atoms with van der Waals surface area (Å²) in [5.74, 6) is -0.902. The molecule has 3 nitrogen and oxygen atoms in total. The molecule has 4 heteroatoms. The van der Waals surface area contributed by atoms with Crippen LogP contribution in [0.4, 0.5) is 0 Å². The second kappa shape index (κ2) is 8.97. The van der Waals surface area contributed by atoms with Gasteiger partial charge in [-0.15, -0.1) is 0 Å². The normalized spacial score (nSPS) is 10.5. The molecule has 3 rings (SSSR count). The van der Waals surface area contributed by atoms with Gasteiger partial charge < -0.3 is 17.5 Å². The third-order valence-electron chi connectivity index (χ3n) is 4.15. The highest BCUT2D eigenvalue weighted by molar-refractivity contribution is 5.87. The number of nitrogens with zero attached hydrogens (tertiary/aromatic N) is 1. The zero-order valence-corrected chi connectivity index (χ0v) is 15.2. The molecule has 0 bridgehead atoms. The Morgan fingerprint density at radius 2 is 1.65 bits per heavy atom. The van der Waals surface area contributed by atoms with Crippen molar-refractivity contribution in [1.82, 2.24) is 0 Å². The van der Waals surface area contributed by atoms with Crippen LogP contribution in [0.15, 0.2) is 72.9 Å². The molecule has 0 aliphatic heterocycles. The first-order valence-electron chi connectivity index (χ1n) is 8.18. The number of carboxylic acids is 1. The predicted molar refractivity (Wildman–Crippen MR) is 99.2 cm³/mol. The molecule has 0 amide bonds. The van der Waals surface area contributed by atoms with Gasteiger partial charge in [-0.2, -0.15) is 4.57 Å². The summed E-state index contributed by atoms with van der Waals surface area (Å²) in [5, 5.41) is 9.00. The molecule has 0 aliphatic rings. The van der Waals surface area contributed by atoms with Gasteiger partial charge in [0.05, 0.1) is 5.56 Å². The Labute approximate surface area is 159 Å². The van der Waals surface area contributed by atoms with Gasteiger partial charge in [-0.1, -0.05) is 36.4 Å². The first kappa shape index (κ1) is 19.4. The largest absolute Gasteiger partial charge is 1.00 e. The molecule has 1 N–H and O–H groups in total. The van der Waals surface area contributed by atoms with E-state index in [2.05, 4.69) is 41.8 Å². The minimum Gasteiger partial charge on any atom is -1.00 e. The number of benzene rings is 2. The Bertz CT molecular complexity index is 917. The van der Waals surface area contributed by atoms with E-state index in [1.54, 1.807) is 12.1 Å². The molecular formula is C22H20ClNO2. The smallest absolute Gasteiger partial charge is 0.335 e. The molecule has 0 saturated carbocycles. The number of hydrogen-bond donors (Lipinski definition) is 1. The fourth-order valence-electron chi connectivity index (χ4n) is 2.68. The van der Waals surface area contributed by atoms with E-state index in [4.69, 9.17) is 5.11 Å². The van der Waals surface area contributed by atoms with E-state index in [1.165, 1.54) is 11.1 Å². The van der Waals surface area contributed by atoms with Gasteiger partial charge in [0.2, 0.25) is 5.69 Å². The fourth-order valence-corrected chi connectivity index (χ4v) is 2.68. The maximum Gasteiger partial charge on any atom is 0.335 e. The van der Waals surface area contributed by atoms with E-state index in [0.29, 0.717) is 12.1 Å². The first-order chi connectivity index (χ1) is 12.1. The summed E-state index contributed by atoms with van der Waals surface area (Å²) in [6.07, 6.45) is 6.26. The molecule has 0 spiro atoms. The molecule has 0 saturated heterocycles. The Morgan fingerprint density at radius 3 is 2.35 bits per heavy atom. The molecule has 26 heavy (non-hydrogen) atoms. The average molecular weight is 366 g/mol. The van der Waals surface area contributed by atoms with Crippen LogP contribution < -0.4 is 17.0 Å². The second-order valence-corrected chi connectivity index (χ2v) is 5.95. The van der Waals surface area contributed by atoms with Crippen molar-refractivity contribution in [3.05, 3.63) is 101 Å². The molecule has 0 unspecified atom stereocenters. The van der Waals surface area contributed by atoms with E-state index >= 15 is 0 Å². The summed E-state index contributed by atoms with van der Waals surface area (Å²) in [4.78, 5) is 11.0. The van der Waals surface area contributed by atoms with Crippen molar-refractivity contribution in [1.29, 1.82) is 0 Å². The number of aromatic carboxylic acids is 1. The fraction of sp³-hybridized carbons (Fsp3) is 0.0909. The molecule has 0 radical (unpaired) electrons. The van der Waals surface area contributed by atoms with Gasteiger partial charge in [0.15, 0.2) is 12.7 Å². The standard InChI is InChI=1S/C22H19NO2.ClH/c1-17-6-2-3-7-19(17)13-14-21-8-4-5-15-23(21)16-18-9-11-20(12-10-18)22(24)25;/h2-15H,16H2,1H3;1H/b14-13+;. The van der Waals surface area contributed by atoms with Crippen molar-refractivity contribution >= 4 is 18.1 Å². The number of carboxylic acid groups (broad SMARTS) is 1. The maximum atomic E-state index is 11.0. The van der Waals surface area contributed by atoms with Crippen LogP contribution in [0.3, 0.4) is 0 Å². The van der Waals surface area contributed by atoms with Gasteiger partial charge in [-0.25, -0.2) is 4.79 Å². The average Bonchev–Trinajstić information content (AvgIpc) is 2.62. The van der Waals surface area contributed by atoms with Crippen LogP contribution in [0.1, 0.15) is 32.7 Å². The van der Waals surface area contributed by atoms with Gasteiger partial charge in [-0.3, -0.25) is 0 Å². The van der Waals surface area contributed by atoms with E-state index in [1.807, 2.05) is 42.6 Å². The number of pyridine rings is 1. The van der Waals surface area contributed by atoms with Crippen molar-refractivity contribution in [2.45, 2.75) is 13.5 Å². The highest BCUT2D eigenvalue weighted by atomic mass is 35.5. The van der Waals surface area contributed by atoms with Gasteiger partial charge in [0.25, 0.3) is 0 Å². The monoisotopic (exact) mass is 365 g/mol. The number of aromatic nitrogens is 1. The molecule has 2 aromatic carbocycles. The topological polar surface area (TPSA) is 41.2 Å². The SMILES string of the molecule is Cc1ccccc1/C=C/c1cccc[n+]1Cc1ccc(C(=O)O)cc1.[Cl-]. The number of halogens is 1. The summed E-state index contributed by atoms with van der Waals surface area (Å²) < 4.78 is 2.14. The highest BCUT2D eigenvalue weighted by Gasteiger charge is 2.09. The first-order valence-corrected chi connectivity index (χ1v) is 8.18. The summed E-state index contributed by atoms with van der Waals surface area (Å²) >= 11 is 0. The zero-order chi connectivity index (χ0) is 17.6. The van der Waals surface area contributed by atoms with Crippen molar-refractivity contribution in [3.8, 4) is 0 Å². The molecule has 0 fully saturated rings. The number of hydrogen-bond acceptors (Lipinski definition) is 1. The van der Waals surface area contributed by atoms with Crippen molar-refractivity contribution in [2.75, 3.05) is 0 Å². The number of rotatable bonds is 5. The van der Waals surface area contributed by atoms with Crippen molar-refractivity contribution in [3.63, 3.8) is 0 Å². The molecule has 132 valence electrons. The van der Waals surface area contributed by atoms with E-state index in [0.717, 1.165) is 11.3 Å². The molecule has 0 atom stereocenters. The van der Waals surface area contributed by atoms with Gasteiger partial charge >= 0.3 is 5.97 Å². The Balaban J connectivity index is 0.00000243. The quantitative estimate of drug-likeness (QED) is 0.690. The Hall–Kier alpha value is -2.91. The lowest BCUT2D eigenvalue weighted by atomic mass is 10.1. The molecule has 3 aromatic rings. The molecule has 1 aromatic heterocycles. The van der Waals surface area contributed by atoms with E-state index in [-0.39, 0.29) is 12.4 Å². The summed E-state index contributed by atoms with van der Waals surface area (Å²) in [6, 6.07) is 21.4. The van der Waals surface area contributed by atoms with Crippen LogP contribution >= 0.6 is 0 Å². The summed E-state index contributed by atoms with van der Waals surface area (Å²) in [6.45, 7) is 2.79. The van der Waals surface area contributed by atoms with Crippen LogP contribution in [0.2, 0.25) is 0 Å². The minimum atomic E-state index is -0.902. The third kappa shape index (κ3) is 4.80. The van der Waals surface area contributed by atoms with Gasteiger partial charge in [0.1, 0.15) is 0 Å². The van der Waals surface area contributed by atoms with Gasteiger partial charge in [0, 0.05) is 23.8 Å². The van der Waals surface area contributed by atoms with Crippen LogP contribution in [-0.2, 0) is 6.54 Å². The molecule has 0 aliphatic carbocycles. The predicted octanol–water partition coefficient (Wildman–Crippen LogP) is 1.20. The minimum absolute atomic E-state index is 0. The second-order valence-electron chi connectivity index (χ2n) is 5.95. The van der Waals surface area contributed by atoms with Crippen LogP contribution in [0.5, 0.6) is 0 Å². The lowest BCUT2D eigenvalue weighted by molar-refractivity contribution is -0.690. The Morgan fingerprint density at radius 1 is 0.962 bits per heavy atom. The van der Waals surface area contributed by atoms with E-state index < -0.39 is 5.97 Å². The van der Waals surface area contributed by atoms with Crippen molar-refractivity contribution < 1.29 is 26.9 Å². The lowest BCUT2D eigenvalue weighted by Gasteiger charge is -2.03.